The van der Waals surface area contributed by atoms with Crippen molar-refractivity contribution in [3.63, 3.8) is 0 Å². The Labute approximate surface area is 169 Å². The maximum atomic E-state index is 14.2. The average Bonchev–Trinajstić information content (AvgIpc) is 2.67. The zero-order chi connectivity index (χ0) is 21.7. The van der Waals surface area contributed by atoms with Crippen molar-refractivity contribution in [2.24, 2.45) is 0 Å². The normalized spacial score (nSPS) is 13.2. The van der Waals surface area contributed by atoms with E-state index in [4.69, 9.17) is 16.3 Å². The second kappa shape index (κ2) is 9.04. The van der Waals surface area contributed by atoms with Crippen molar-refractivity contribution in [1.29, 1.82) is 0 Å². The largest absolute Gasteiger partial charge is 0.495 e. The molecule has 0 fully saturated rings. The Hall–Kier alpha value is -2.94. The molecule has 0 heterocycles. The standard InChI is InChI=1S/C19H18ClF3N2O4/c1-3-29-17(27)18(19(21,22)23,25-16(26)12-7-5-4-6-8-12)24-14-11-13(20)9-10-15(14)28-2/h4-11,24H,3H2,1-2H3,(H,25,26)/t18-/m0/s1. The third kappa shape index (κ3) is 4.92. The lowest BCUT2D eigenvalue weighted by molar-refractivity contribution is -0.204. The second-order valence-corrected chi connectivity index (χ2v) is 6.19. The molecule has 0 radical (unpaired) electrons. The Morgan fingerprint density at radius 2 is 1.76 bits per heavy atom. The molecule has 156 valence electrons. The molecule has 0 aliphatic rings. The van der Waals surface area contributed by atoms with Gasteiger partial charge in [0.25, 0.3) is 5.91 Å². The van der Waals surface area contributed by atoms with E-state index in [1.165, 1.54) is 50.4 Å². The van der Waals surface area contributed by atoms with Crippen LogP contribution in [0.15, 0.2) is 48.5 Å². The summed E-state index contributed by atoms with van der Waals surface area (Å²) in [5.74, 6) is -2.90. The summed E-state index contributed by atoms with van der Waals surface area (Å²) in [5.41, 5.74) is -3.93. The van der Waals surface area contributed by atoms with Gasteiger partial charge in [-0.25, -0.2) is 4.79 Å². The monoisotopic (exact) mass is 430 g/mol. The minimum Gasteiger partial charge on any atom is -0.495 e. The summed E-state index contributed by atoms with van der Waals surface area (Å²) in [5, 5.41) is 3.87. The summed E-state index contributed by atoms with van der Waals surface area (Å²) < 4.78 is 52.3. The van der Waals surface area contributed by atoms with Crippen molar-refractivity contribution in [3.05, 3.63) is 59.1 Å². The quantitative estimate of drug-likeness (QED) is 0.512. The first-order valence-electron chi connectivity index (χ1n) is 8.38. The predicted octanol–water partition coefficient (Wildman–Crippen LogP) is 4.01. The molecule has 0 saturated carbocycles. The molecule has 2 aromatic rings. The SMILES string of the molecule is CCOC(=O)[C@@](NC(=O)c1ccccc1)(Nc1cc(Cl)ccc1OC)C(F)(F)F. The van der Waals surface area contributed by atoms with Crippen LogP contribution in [0, 0.1) is 0 Å². The van der Waals surface area contributed by atoms with Crippen molar-refractivity contribution in [1.82, 2.24) is 5.32 Å². The Morgan fingerprint density at radius 1 is 1.10 bits per heavy atom. The summed E-state index contributed by atoms with van der Waals surface area (Å²) in [7, 11) is 1.23. The molecule has 0 bridgehead atoms. The summed E-state index contributed by atoms with van der Waals surface area (Å²) in [6.45, 7) is 1.00. The van der Waals surface area contributed by atoms with E-state index in [0.29, 0.717) is 0 Å². The zero-order valence-corrected chi connectivity index (χ0v) is 16.2. The summed E-state index contributed by atoms with van der Waals surface area (Å²) >= 11 is 5.88. The predicted molar refractivity (Wildman–Crippen MR) is 101 cm³/mol. The number of hydrogen-bond acceptors (Lipinski definition) is 5. The smallest absolute Gasteiger partial charge is 0.441 e. The number of methoxy groups -OCH3 is 1. The van der Waals surface area contributed by atoms with Gasteiger partial charge in [-0.3, -0.25) is 4.79 Å². The van der Waals surface area contributed by atoms with E-state index >= 15 is 0 Å². The fourth-order valence-electron chi connectivity index (χ4n) is 2.44. The van der Waals surface area contributed by atoms with Crippen molar-refractivity contribution in [3.8, 4) is 5.75 Å². The minimum atomic E-state index is -5.28. The van der Waals surface area contributed by atoms with E-state index < -0.39 is 23.7 Å². The van der Waals surface area contributed by atoms with Gasteiger partial charge in [0.15, 0.2) is 0 Å². The molecule has 6 nitrogen and oxygen atoms in total. The van der Waals surface area contributed by atoms with Gasteiger partial charge in [0.1, 0.15) is 5.75 Å². The van der Waals surface area contributed by atoms with Gasteiger partial charge in [-0.1, -0.05) is 29.8 Å². The lowest BCUT2D eigenvalue weighted by Crippen LogP contribution is -2.69. The van der Waals surface area contributed by atoms with Gasteiger partial charge in [-0.2, -0.15) is 13.2 Å². The molecule has 0 unspecified atom stereocenters. The maximum Gasteiger partial charge on any atom is 0.441 e. The van der Waals surface area contributed by atoms with Crippen molar-refractivity contribution >= 4 is 29.2 Å². The van der Waals surface area contributed by atoms with Crippen molar-refractivity contribution < 1.29 is 32.2 Å². The Balaban J connectivity index is 2.58. The fraction of sp³-hybridized carbons (Fsp3) is 0.263. The topological polar surface area (TPSA) is 76.7 Å². The van der Waals surface area contributed by atoms with Crippen LogP contribution in [0.25, 0.3) is 0 Å². The number of anilines is 1. The van der Waals surface area contributed by atoms with Crippen LogP contribution < -0.4 is 15.4 Å². The van der Waals surface area contributed by atoms with Crippen LogP contribution >= 0.6 is 11.6 Å². The number of benzene rings is 2. The van der Waals surface area contributed by atoms with E-state index in [1.54, 1.807) is 11.4 Å². The number of esters is 1. The number of halogens is 4. The highest BCUT2D eigenvalue weighted by molar-refractivity contribution is 6.31. The van der Waals surface area contributed by atoms with Gasteiger partial charge in [0, 0.05) is 10.6 Å². The van der Waals surface area contributed by atoms with Crippen molar-refractivity contribution in [2.75, 3.05) is 19.0 Å². The average molecular weight is 431 g/mol. The van der Waals surface area contributed by atoms with E-state index in [0.717, 1.165) is 6.07 Å². The van der Waals surface area contributed by atoms with Crippen LogP contribution in [0.5, 0.6) is 5.75 Å². The van der Waals surface area contributed by atoms with Gasteiger partial charge < -0.3 is 20.1 Å². The summed E-state index contributed by atoms with van der Waals surface area (Å²) in [4.78, 5) is 25.0. The summed E-state index contributed by atoms with van der Waals surface area (Å²) in [6, 6.07) is 11.0. The highest BCUT2D eigenvalue weighted by Gasteiger charge is 2.64. The fourth-order valence-corrected chi connectivity index (χ4v) is 2.61. The van der Waals surface area contributed by atoms with E-state index in [1.807, 2.05) is 5.32 Å². The molecular weight excluding hydrogens is 413 g/mol. The molecule has 2 N–H and O–H groups in total. The lowest BCUT2D eigenvalue weighted by Gasteiger charge is -2.35. The Kier molecular flexibility index (Phi) is 6.97. The Morgan fingerprint density at radius 3 is 2.31 bits per heavy atom. The van der Waals surface area contributed by atoms with Gasteiger partial charge in [-0.05, 0) is 37.3 Å². The zero-order valence-electron chi connectivity index (χ0n) is 15.5. The lowest BCUT2D eigenvalue weighted by atomic mass is 10.1. The number of amides is 1. The molecule has 1 amide bonds. The first-order valence-corrected chi connectivity index (χ1v) is 8.75. The number of rotatable bonds is 7. The van der Waals surface area contributed by atoms with Gasteiger partial charge >= 0.3 is 17.8 Å². The maximum absolute atomic E-state index is 14.2. The summed E-state index contributed by atoms with van der Waals surface area (Å²) in [6.07, 6.45) is -5.28. The van der Waals surface area contributed by atoms with E-state index in [9.17, 15) is 22.8 Å². The second-order valence-electron chi connectivity index (χ2n) is 5.76. The van der Waals surface area contributed by atoms with Gasteiger partial charge in [0.05, 0.1) is 19.4 Å². The molecule has 2 aromatic carbocycles. The van der Waals surface area contributed by atoms with Crippen molar-refractivity contribution in [2.45, 2.75) is 18.8 Å². The number of nitrogens with one attached hydrogen (secondary N) is 2. The van der Waals surface area contributed by atoms with Gasteiger partial charge in [-0.15, -0.1) is 0 Å². The van der Waals surface area contributed by atoms with E-state index in [2.05, 4.69) is 4.74 Å². The third-order valence-electron chi connectivity index (χ3n) is 3.83. The molecule has 2 rings (SSSR count). The minimum absolute atomic E-state index is 0.0266. The number of alkyl halides is 3. The number of ether oxygens (including phenoxy) is 2. The molecule has 1 atom stereocenters. The van der Waals surface area contributed by atoms with Crippen LogP contribution in [0.4, 0.5) is 18.9 Å². The molecule has 0 spiro atoms. The molecular formula is C19H18ClF3N2O4. The van der Waals surface area contributed by atoms with Crippen LogP contribution in [-0.4, -0.2) is 37.4 Å². The molecule has 10 heteroatoms. The van der Waals surface area contributed by atoms with Crippen LogP contribution in [-0.2, 0) is 9.53 Å². The molecule has 0 aromatic heterocycles. The number of carbonyl (C=O) groups excluding carboxylic acids is 2. The van der Waals surface area contributed by atoms with Crippen LogP contribution in [0.3, 0.4) is 0 Å². The molecule has 0 saturated heterocycles. The number of hydrogen-bond donors (Lipinski definition) is 2. The highest BCUT2D eigenvalue weighted by atomic mass is 35.5. The molecule has 0 aliphatic heterocycles. The number of carbonyl (C=O) groups is 2. The van der Waals surface area contributed by atoms with Crippen LogP contribution in [0.1, 0.15) is 17.3 Å². The third-order valence-corrected chi connectivity index (χ3v) is 4.06. The van der Waals surface area contributed by atoms with Crippen LogP contribution in [0.2, 0.25) is 5.02 Å². The highest BCUT2D eigenvalue weighted by Crippen LogP contribution is 2.37. The first-order chi connectivity index (χ1) is 13.6. The van der Waals surface area contributed by atoms with Gasteiger partial charge in [0.2, 0.25) is 0 Å². The Bertz CT molecular complexity index is 878. The first kappa shape index (κ1) is 22.4. The molecule has 0 aliphatic carbocycles. The van der Waals surface area contributed by atoms with E-state index in [-0.39, 0.29) is 28.6 Å². The molecule has 29 heavy (non-hydrogen) atoms.